The van der Waals surface area contributed by atoms with Gasteiger partial charge in [0.2, 0.25) is 0 Å². The number of methoxy groups -OCH3 is 3. The monoisotopic (exact) mass is 806 g/mol. The van der Waals surface area contributed by atoms with Crippen LogP contribution in [0.25, 0.3) is 0 Å². The molecule has 3 aromatic rings. The maximum atomic E-state index is 13.3. The Labute approximate surface area is 337 Å². The Balaban J connectivity index is 1.91. The predicted molar refractivity (Wildman–Crippen MR) is 225 cm³/mol. The van der Waals surface area contributed by atoms with Gasteiger partial charge in [0.05, 0.1) is 27.4 Å². The van der Waals surface area contributed by atoms with Crippen molar-refractivity contribution < 1.29 is 32.7 Å². The molecule has 57 heavy (non-hydrogen) atoms. The number of nitrogens with one attached hydrogen (secondary N) is 1. The Morgan fingerprint density at radius 2 is 1.65 bits per heavy atom. The average molecular weight is 807 g/mol. The largest absolute Gasteiger partial charge is 0.497 e. The normalized spacial score (nSPS) is 20.7. The van der Waals surface area contributed by atoms with Gasteiger partial charge in [-0.15, -0.1) is 0 Å². The highest BCUT2D eigenvalue weighted by Gasteiger charge is 2.51. The second-order valence-corrected chi connectivity index (χ2v) is 15.6. The summed E-state index contributed by atoms with van der Waals surface area (Å²) in [7, 11) is 4.80. The third kappa shape index (κ3) is 11.1. The Morgan fingerprint density at radius 1 is 0.982 bits per heavy atom. The summed E-state index contributed by atoms with van der Waals surface area (Å²) in [6.45, 7) is 16.7. The highest BCUT2D eigenvalue weighted by molar-refractivity contribution is 7.44. The van der Waals surface area contributed by atoms with E-state index in [0.717, 1.165) is 22.3 Å². The minimum atomic E-state index is -1.70. The van der Waals surface area contributed by atoms with Crippen molar-refractivity contribution in [2.45, 2.75) is 90.2 Å². The van der Waals surface area contributed by atoms with Crippen LogP contribution in [0.4, 0.5) is 0 Å². The molecule has 1 aromatic heterocycles. The first-order valence-electron chi connectivity index (χ1n) is 19.0. The molecule has 1 N–H and O–H groups in total. The van der Waals surface area contributed by atoms with E-state index < -0.39 is 49.9 Å². The summed E-state index contributed by atoms with van der Waals surface area (Å²) in [5.41, 5.74) is 0.926. The fraction of sp³-hybridized carbons (Fsp3) is 0.465. The van der Waals surface area contributed by atoms with Crippen molar-refractivity contribution in [2.75, 3.05) is 41.6 Å². The van der Waals surface area contributed by atoms with Crippen LogP contribution in [-0.4, -0.2) is 92.4 Å². The molecule has 13 nitrogen and oxygen atoms in total. The topological polar surface area (TPSA) is 135 Å². The molecule has 4 rings (SSSR count). The van der Waals surface area contributed by atoms with Gasteiger partial charge in [-0.3, -0.25) is 14.3 Å². The highest BCUT2D eigenvalue weighted by Crippen LogP contribution is 2.51. The molecule has 0 spiro atoms. The van der Waals surface area contributed by atoms with E-state index in [9.17, 15) is 9.59 Å². The lowest BCUT2D eigenvalue weighted by molar-refractivity contribution is -0.0966. The molecule has 0 aliphatic carbocycles. The highest BCUT2D eigenvalue weighted by atomic mass is 31.2. The molecule has 2 aromatic carbocycles. The minimum absolute atomic E-state index is 0.0262. The molecule has 6 unspecified atom stereocenters. The second kappa shape index (κ2) is 21.5. The number of aromatic nitrogens is 2. The average Bonchev–Trinajstić information content (AvgIpc) is 3.53. The molecule has 14 heteroatoms. The fourth-order valence-electron chi connectivity index (χ4n) is 6.92. The lowest BCUT2D eigenvalue weighted by Gasteiger charge is -2.39. The minimum Gasteiger partial charge on any atom is -0.497 e. The Morgan fingerprint density at radius 3 is 2.21 bits per heavy atom. The van der Waals surface area contributed by atoms with Gasteiger partial charge in [0.15, 0.2) is 6.23 Å². The number of benzene rings is 2. The van der Waals surface area contributed by atoms with E-state index in [1.807, 2.05) is 80.6 Å². The zero-order chi connectivity index (χ0) is 41.7. The summed E-state index contributed by atoms with van der Waals surface area (Å²) in [6.07, 6.45) is 4.22. The van der Waals surface area contributed by atoms with Crippen LogP contribution in [-0.2, 0) is 33.6 Å². The number of aromatic amines is 1. The number of hydrogen-bond donors (Lipinski definition) is 1. The van der Waals surface area contributed by atoms with Crippen LogP contribution in [0.15, 0.2) is 117 Å². The second-order valence-electron chi connectivity index (χ2n) is 14.2. The zero-order valence-electron chi connectivity index (χ0n) is 34.8. The fourth-order valence-corrected chi connectivity index (χ4v) is 8.71. The molecule has 2 heterocycles. The molecule has 310 valence electrons. The predicted octanol–water partition coefficient (Wildman–Crippen LogP) is 7.31. The summed E-state index contributed by atoms with van der Waals surface area (Å²) >= 11 is 0. The summed E-state index contributed by atoms with van der Waals surface area (Å²) in [6, 6.07) is 19.0. The molecule has 1 fully saturated rings. The van der Waals surface area contributed by atoms with Crippen molar-refractivity contribution >= 4 is 14.7 Å². The molecular weight excluding hydrogens is 747 g/mol. The van der Waals surface area contributed by atoms with Crippen molar-refractivity contribution in [1.82, 2.24) is 14.2 Å². The summed E-state index contributed by atoms with van der Waals surface area (Å²) < 4.78 is 48.4. The standard InChI is InChI=1S/C43H59N4O9P/c1-29(2)36(51-10)23-18-32(7)43(33-16-13-12-14-17-33,34-19-21-35(50-9)22-20-34)53-28-37-39(40(52-11)41(55-37)46-26-24-38(48)45-42(46)49)56-57(54-27-15-25-44-8)47(30(3)4)31(5)6/h12-14,16-26,30-31,37,39-41H,1,15,27-28H2,2-11H3,(H,45,48,49)/b32-18+,36-23+,44-25?. The van der Waals surface area contributed by atoms with Gasteiger partial charge in [0, 0.05) is 51.1 Å². The van der Waals surface area contributed by atoms with Crippen LogP contribution in [0.1, 0.15) is 65.3 Å². The van der Waals surface area contributed by atoms with Crippen LogP contribution in [0, 0.1) is 0 Å². The lowest BCUT2D eigenvalue weighted by Crippen LogP contribution is -2.43. The molecule has 1 saturated heterocycles. The van der Waals surface area contributed by atoms with E-state index in [-0.39, 0.29) is 18.7 Å². The van der Waals surface area contributed by atoms with Gasteiger partial charge in [0.1, 0.15) is 35.4 Å². The number of H-pyrrole nitrogens is 1. The summed E-state index contributed by atoms with van der Waals surface area (Å²) in [5.74, 6) is 1.31. The molecule has 0 radical (unpaired) electrons. The third-order valence-corrected chi connectivity index (χ3v) is 11.7. The molecule has 0 bridgehead atoms. The first-order valence-corrected chi connectivity index (χ1v) is 20.2. The van der Waals surface area contributed by atoms with Crippen LogP contribution in [0.5, 0.6) is 5.75 Å². The van der Waals surface area contributed by atoms with Crippen molar-refractivity contribution in [3.05, 3.63) is 134 Å². The number of ether oxygens (including phenoxy) is 5. The van der Waals surface area contributed by atoms with E-state index in [2.05, 4.69) is 48.9 Å². The molecule has 6 atom stereocenters. The molecule has 0 saturated carbocycles. The summed E-state index contributed by atoms with van der Waals surface area (Å²) in [4.78, 5) is 31.8. The zero-order valence-corrected chi connectivity index (χ0v) is 35.7. The van der Waals surface area contributed by atoms with Gasteiger partial charge in [-0.2, -0.15) is 0 Å². The van der Waals surface area contributed by atoms with Crippen molar-refractivity contribution in [3.63, 3.8) is 0 Å². The Hall–Kier alpha value is -4.20. The Kier molecular flexibility index (Phi) is 17.2. The third-order valence-electron chi connectivity index (χ3n) is 9.59. The first-order chi connectivity index (χ1) is 27.3. The quantitative estimate of drug-likeness (QED) is 0.0384. The maximum absolute atomic E-state index is 13.3. The van der Waals surface area contributed by atoms with Gasteiger partial charge in [-0.25, -0.2) is 9.46 Å². The van der Waals surface area contributed by atoms with Crippen molar-refractivity contribution in [1.29, 1.82) is 0 Å². The Bertz CT molecular complexity index is 1940. The van der Waals surface area contributed by atoms with Crippen molar-refractivity contribution in [3.8, 4) is 5.75 Å². The van der Waals surface area contributed by atoms with Crippen LogP contribution in [0.2, 0.25) is 0 Å². The smallest absolute Gasteiger partial charge is 0.330 e. The van der Waals surface area contributed by atoms with Crippen LogP contribution in [0.3, 0.4) is 0 Å². The molecule has 1 aliphatic rings. The number of allylic oxidation sites excluding steroid dienone is 3. The molecule has 1 aliphatic heterocycles. The van der Waals surface area contributed by atoms with Gasteiger partial charge in [0.25, 0.3) is 14.1 Å². The van der Waals surface area contributed by atoms with E-state index in [1.165, 1.54) is 16.8 Å². The number of nitrogens with zero attached hydrogens (tertiary/aromatic N) is 3. The van der Waals surface area contributed by atoms with Gasteiger partial charge >= 0.3 is 5.69 Å². The lowest BCUT2D eigenvalue weighted by atomic mass is 9.80. The summed E-state index contributed by atoms with van der Waals surface area (Å²) in [5, 5.41) is 0. The van der Waals surface area contributed by atoms with E-state index in [1.54, 1.807) is 34.6 Å². The van der Waals surface area contributed by atoms with E-state index in [0.29, 0.717) is 24.5 Å². The van der Waals surface area contributed by atoms with Crippen LogP contribution < -0.4 is 16.0 Å². The number of rotatable bonds is 21. The van der Waals surface area contributed by atoms with Crippen LogP contribution >= 0.6 is 8.53 Å². The number of aliphatic imine (C=N–C) groups is 1. The van der Waals surface area contributed by atoms with Gasteiger partial charge in [-0.1, -0.05) is 55.1 Å². The maximum Gasteiger partial charge on any atom is 0.330 e. The SMILES string of the molecule is C=C(C)/C(=C\C=C(/C)C(OCC1OC(n2ccc(=O)[nH]c2=O)C(OC)C1OP(OCCC=NC)N(C(C)C)C(C)C)(c1ccccc1)c1ccc(OC)cc1)OC. The first kappa shape index (κ1) is 45.5. The van der Waals surface area contributed by atoms with E-state index >= 15 is 0 Å². The molecular formula is C43H59N4O9P. The van der Waals surface area contributed by atoms with Gasteiger partial charge in [-0.05, 0) is 82.0 Å². The van der Waals surface area contributed by atoms with E-state index in [4.69, 9.17) is 32.7 Å². The number of hydrogen-bond acceptors (Lipinski definition) is 11. The molecule has 0 amide bonds. The van der Waals surface area contributed by atoms with Gasteiger partial charge < -0.3 is 37.7 Å². The van der Waals surface area contributed by atoms with Crippen molar-refractivity contribution in [2.24, 2.45) is 4.99 Å².